The Morgan fingerprint density at radius 3 is 2.33 bits per heavy atom. The molecule has 0 aliphatic rings. The molecule has 78 valence electrons. The van der Waals surface area contributed by atoms with Gasteiger partial charge in [-0.3, -0.25) is 14.4 Å². The van der Waals surface area contributed by atoms with E-state index in [2.05, 4.69) is 5.32 Å². The molecule has 0 saturated heterocycles. The molecule has 0 aliphatic carbocycles. The second-order valence-electron chi connectivity index (χ2n) is 2.92. The maximum Gasteiger partial charge on any atom is 0.289 e. The van der Waals surface area contributed by atoms with Crippen LogP contribution >= 0.6 is 0 Å². The quantitative estimate of drug-likeness (QED) is 0.551. The molecular formula is C10H10N2O3. The monoisotopic (exact) mass is 206 g/mol. The number of primary amides is 1. The summed E-state index contributed by atoms with van der Waals surface area (Å²) in [5, 5.41) is 2.44. The number of benzene rings is 1. The number of nitrogens with two attached hydrogens (primary N) is 1. The van der Waals surface area contributed by atoms with Crippen molar-refractivity contribution in [3.05, 3.63) is 29.8 Å². The zero-order valence-electron chi connectivity index (χ0n) is 8.11. The lowest BCUT2D eigenvalue weighted by Gasteiger charge is -2.06. The number of carbonyl (C=O) groups is 3. The average Bonchev–Trinajstić information content (AvgIpc) is 2.16. The van der Waals surface area contributed by atoms with Crippen molar-refractivity contribution in [2.45, 2.75) is 6.92 Å². The van der Waals surface area contributed by atoms with Crippen LogP contribution in [0.2, 0.25) is 0 Å². The Hall–Kier alpha value is -2.17. The number of amides is 2. The number of hydrogen-bond donors (Lipinski definition) is 2. The number of para-hydroxylation sites is 1. The number of Topliss-reactive ketones (excluding diaryl/α,β-unsaturated/α-hetero) is 1. The number of nitrogens with one attached hydrogen (secondary N) is 1. The van der Waals surface area contributed by atoms with Gasteiger partial charge in [-0.25, -0.2) is 0 Å². The van der Waals surface area contributed by atoms with E-state index in [9.17, 15) is 14.4 Å². The molecule has 0 unspecified atom stereocenters. The van der Waals surface area contributed by atoms with Gasteiger partial charge in [-0.2, -0.15) is 0 Å². The molecule has 0 saturated carbocycles. The maximum atomic E-state index is 11.3. The SMILES string of the molecule is CC(=O)Nc1ccccc1C(=O)C(N)=O. The van der Waals surface area contributed by atoms with Gasteiger partial charge in [0.05, 0.1) is 11.3 Å². The molecule has 5 heteroatoms. The Morgan fingerprint density at radius 1 is 1.20 bits per heavy atom. The van der Waals surface area contributed by atoms with Gasteiger partial charge in [0, 0.05) is 6.92 Å². The molecule has 0 aromatic heterocycles. The first kappa shape index (κ1) is 10.9. The molecular weight excluding hydrogens is 196 g/mol. The summed E-state index contributed by atoms with van der Waals surface area (Å²) in [5.41, 5.74) is 5.25. The van der Waals surface area contributed by atoms with E-state index >= 15 is 0 Å². The van der Waals surface area contributed by atoms with Crippen LogP contribution in [0, 0.1) is 0 Å². The van der Waals surface area contributed by atoms with Crippen LogP contribution in [-0.4, -0.2) is 17.6 Å². The molecule has 0 aliphatic heterocycles. The highest BCUT2D eigenvalue weighted by Gasteiger charge is 2.16. The van der Waals surface area contributed by atoms with Gasteiger partial charge in [-0.05, 0) is 12.1 Å². The van der Waals surface area contributed by atoms with E-state index in [-0.39, 0.29) is 17.2 Å². The zero-order chi connectivity index (χ0) is 11.4. The van der Waals surface area contributed by atoms with Gasteiger partial charge in [0.2, 0.25) is 5.91 Å². The van der Waals surface area contributed by atoms with Crippen LogP contribution in [0.1, 0.15) is 17.3 Å². The number of rotatable bonds is 3. The molecule has 0 radical (unpaired) electrons. The van der Waals surface area contributed by atoms with Gasteiger partial charge in [0.1, 0.15) is 0 Å². The summed E-state index contributed by atoms with van der Waals surface area (Å²) in [6.45, 7) is 1.31. The van der Waals surface area contributed by atoms with Crippen LogP contribution in [0.25, 0.3) is 0 Å². The van der Waals surface area contributed by atoms with Crippen LogP contribution < -0.4 is 11.1 Å². The third-order valence-electron chi connectivity index (χ3n) is 1.71. The van der Waals surface area contributed by atoms with Crippen molar-refractivity contribution in [1.82, 2.24) is 0 Å². The third-order valence-corrected chi connectivity index (χ3v) is 1.71. The highest BCUT2D eigenvalue weighted by atomic mass is 16.2. The minimum Gasteiger partial charge on any atom is -0.363 e. The Balaban J connectivity index is 3.11. The van der Waals surface area contributed by atoms with Crippen LogP contribution in [0.5, 0.6) is 0 Å². The fraction of sp³-hybridized carbons (Fsp3) is 0.100. The fourth-order valence-electron chi connectivity index (χ4n) is 1.11. The van der Waals surface area contributed by atoms with Crippen molar-refractivity contribution in [3.63, 3.8) is 0 Å². The highest BCUT2D eigenvalue weighted by Crippen LogP contribution is 2.15. The van der Waals surface area contributed by atoms with Crippen LogP contribution in [0.15, 0.2) is 24.3 Å². The number of ketones is 1. The lowest BCUT2D eigenvalue weighted by molar-refractivity contribution is -0.115. The van der Waals surface area contributed by atoms with Crippen molar-refractivity contribution in [2.24, 2.45) is 5.73 Å². The van der Waals surface area contributed by atoms with E-state index in [1.165, 1.54) is 19.1 Å². The Labute approximate surface area is 86.3 Å². The van der Waals surface area contributed by atoms with Gasteiger partial charge >= 0.3 is 0 Å². The standard InChI is InChI=1S/C10H10N2O3/c1-6(13)12-8-5-3-2-4-7(8)9(14)10(11)15/h2-5H,1H3,(H2,11,15)(H,12,13). The lowest BCUT2D eigenvalue weighted by Crippen LogP contribution is -2.24. The molecule has 1 aromatic rings. The predicted octanol–water partition coefficient (Wildman–Crippen LogP) is 0.313. The van der Waals surface area contributed by atoms with E-state index in [1.54, 1.807) is 12.1 Å². The minimum absolute atomic E-state index is 0.0974. The topological polar surface area (TPSA) is 89.3 Å². The van der Waals surface area contributed by atoms with Crippen LogP contribution in [0.3, 0.4) is 0 Å². The summed E-state index contributed by atoms with van der Waals surface area (Å²) in [7, 11) is 0. The van der Waals surface area contributed by atoms with Crippen molar-refractivity contribution < 1.29 is 14.4 Å². The van der Waals surface area contributed by atoms with Crippen LogP contribution in [0.4, 0.5) is 5.69 Å². The predicted molar refractivity (Wildman–Crippen MR) is 54.3 cm³/mol. The molecule has 15 heavy (non-hydrogen) atoms. The summed E-state index contributed by atoms with van der Waals surface area (Å²) in [4.78, 5) is 32.8. The van der Waals surface area contributed by atoms with Crippen molar-refractivity contribution in [3.8, 4) is 0 Å². The normalized spacial score (nSPS) is 9.40. The van der Waals surface area contributed by atoms with Crippen molar-refractivity contribution >= 4 is 23.3 Å². The van der Waals surface area contributed by atoms with Gasteiger partial charge in [0.25, 0.3) is 11.7 Å². The molecule has 0 spiro atoms. The molecule has 0 bridgehead atoms. The zero-order valence-corrected chi connectivity index (χ0v) is 8.11. The van der Waals surface area contributed by atoms with Crippen LogP contribution in [-0.2, 0) is 9.59 Å². The summed E-state index contributed by atoms with van der Waals surface area (Å²) in [6, 6.07) is 6.18. The van der Waals surface area contributed by atoms with Gasteiger partial charge < -0.3 is 11.1 Å². The molecule has 3 N–H and O–H groups in total. The molecule has 0 fully saturated rings. The smallest absolute Gasteiger partial charge is 0.289 e. The second-order valence-corrected chi connectivity index (χ2v) is 2.92. The average molecular weight is 206 g/mol. The molecule has 1 rings (SSSR count). The summed E-state index contributed by atoms with van der Waals surface area (Å²) in [6.07, 6.45) is 0. The summed E-state index contributed by atoms with van der Waals surface area (Å²) in [5.74, 6) is -2.19. The first-order valence-corrected chi connectivity index (χ1v) is 4.23. The van der Waals surface area contributed by atoms with Gasteiger partial charge in [0.15, 0.2) is 0 Å². The molecule has 5 nitrogen and oxygen atoms in total. The molecule has 0 atom stereocenters. The fourth-order valence-corrected chi connectivity index (χ4v) is 1.11. The second kappa shape index (κ2) is 4.36. The summed E-state index contributed by atoms with van der Waals surface area (Å²) < 4.78 is 0. The maximum absolute atomic E-state index is 11.3. The molecule has 2 amide bonds. The number of hydrogen-bond acceptors (Lipinski definition) is 3. The Morgan fingerprint density at radius 2 is 1.80 bits per heavy atom. The highest BCUT2D eigenvalue weighted by molar-refractivity contribution is 6.43. The largest absolute Gasteiger partial charge is 0.363 e. The van der Waals surface area contributed by atoms with E-state index in [0.29, 0.717) is 0 Å². The van der Waals surface area contributed by atoms with Crippen molar-refractivity contribution in [2.75, 3.05) is 5.32 Å². The molecule has 0 heterocycles. The van der Waals surface area contributed by atoms with E-state index < -0.39 is 11.7 Å². The lowest BCUT2D eigenvalue weighted by atomic mass is 10.1. The van der Waals surface area contributed by atoms with Gasteiger partial charge in [-0.15, -0.1) is 0 Å². The van der Waals surface area contributed by atoms with Crippen molar-refractivity contribution in [1.29, 1.82) is 0 Å². The van der Waals surface area contributed by atoms with E-state index in [1.807, 2.05) is 0 Å². The first-order valence-electron chi connectivity index (χ1n) is 4.23. The molecule has 1 aromatic carbocycles. The number of carbonyl (C=O) groups excluding carboxylic acids is 3. The van der Waals surface area contributed by atoms with E-state index in [4.69, 9.17) is 5.73 Å². The van der Waals surface area contributed by atoms with Gasteiger partial charge in [-0.1, -0.05) is 12.1 Å². The van der Waals surface area contributed by atoms with E-state index in [0.717, 1.165) is 0 Å². The Kier molecular flexibility index (Phi) is 3.17. The Bertz CT molecular complexity index is 426. The minimum atomic E-state index is -1.05. The first-order chi connectivity index (χ1) is 7.02. The third kappa shape index (κ3) is 2.63. The summed E-state index contributed by atoms with van der Waals surface area (Å²) >= 11 is 0. The number of anilines is 1.